The van der Waals surface area contributed by atoms with Crippen LogP contribution in [0.3, 0.4) is 0 Å². The number of nitrogens with zero attached hydrogens (tertiary/aromatic N) is 2. The molecule has 1 aliphatic rings. The second kappa shape index (κ2) is 12.9. The molecule has 9 heteroatoms. The number of benzene rings is 2. The zero-order valence-corrected chi connectivity index (χ0v) is 21.8. The molecule has 0 spiro atoms. The van der Waals surface area contributed by atoms with Gasteiger partial charge in [0.05, 0.1) is 11.9 Å². The van der Waals surface area contributed by atoms with Crippen molar-refractivity contribution in [1.82, 2.24) is 10.2 Å². The number of carbonyl (C=O) groups excluding carboxylic acids is 2. The van der Waals surface area contributed by atoms with Crippen LogP contribution in [0, 0.1) is 5.82 Å². The summed E-state index contributed by atoms with van der Waals surface area (Å²) in [5.74, 6) is -1.20. The maximum atomic E-state index is 13.6. The van der Waals surface area contributed by atoms with Gasteiger partial charge < -0.3 is 10.2 Å². The van der Waals surface area contributed by atoms with Crippen LogP contribution in [0.5, 0.6) is 0 Å². The van der Waals surface area contributed by atoms with Gasteiger partial charge >= 0.3 is 0 Å². The van der Waals surface area contributed by atoms with E-state index in [0.29, 0.717) is 12.8 Å². The molecule has 2 amide bonds. The Morgan fingerprint density at radius 1 is 1.03 bits per heavy atom. The Morgan fingerprint density at radius 3 is 2.25 bits per heavy atom. The number of carbonyl (C=O) groups is 2. The van der Waals surface area contributed by atoms with Crippen molar-refractivity contribution in [2.45, 2.75) is 64.0 Å². The molecule has 7 nitrogen and oxygen atoms in total. The second-order valence-electron chi connectivity index (χ2n) is 9.34. The molecule has 1 unspecified atom stereocenters. The number of nitrogens with one attached hydrogen (secondary N) is 1. The van der Waals surface area contributed by atoms with Crippen molar-refractivity contribution in [2.75, 3.05) is 23.7 Å². The highest BCUT2D eigenvalue weighted by molar-refractivity contribution is 7.92. The predicted octanol–water partition coefficient (Wildman–Crippen LogP) is 3.89. The maximum absolute atomic E-state index is 13.6. The molecular formula is C27H36FN3O4S. The van der Waals surface area contributed by atoms with Gasteiger partial charge in [-0.1, -0.05) is 56.5 Å². The van der Waals surface area contributed by atoms with Gasteiger partial charge in [-0.3, -0.25) is 13.9 Å². The molecule has 0 bridgehead atoms. The quantitative estimate of drug-likeness (QED) is 0.490. The number of amides is 2. The van der Waals surface area contributed by atoms with Crippen molar-refractivity contribution >= 4 is 27.5 Å². The third kappa shape index (κ3) is 7.78. The van der Waals surface area contributed by atoms with E-state index < -0.39 is 34.3 Å². The second-order valence-corrected chi connectivity index (χ2v) is 11.2. The minimum atomic E-state index is -3.84. The zero-order chi connectivity index (χ0) is 26.1. The Hall–Kier alpha value is -2.94. The van der Waals surface area contributed by atoms with Crippen molar-refractivity contribution in [3.63, 3.8) is 0 Å². The van der Waals surface area contributed by atoms with E-state index in [4.69, 9.17) is 0 Å². The van der Waals surface area contributed by atoms with Gasteiger partial charge in [-0.05, 0) is 55.5 Å². The molecule has 0 aliphatic heterocycles. The Kier molecular flexibility index (Phi) is 9.87. The molecule has 0 radical (unpaired) electrons. The maximum Gasteiger partial charge on any atom is 0.244 e. The Labute approximate surface area is 213 Å². The summed E-state index contributed by atoms with van der Waals surface area (Å²) >= 11 is 0. The average molecular weight is 518 g/mol. The lowest BCUT2D eigenvalue weighted by Crippen LogP contribution is -2.54. The standard InChI is InChI=1S/C27H36FN3O4S/c1-3-25(27(33)29-23-12-8-5-9-13-23)30(19-18-21-10-6-4-7-11-21)26(32)20-31(36(2,34)35)24-16-14-22(28)15-17-24/h4,6-7,10-11,14-17,23,25H,3,5,8-9,12-13,18-20H2,1-2H3,(H,29,33). The van der Waals surface area contributed by atoms with E-state index in [2.05, 4.69) is 5.32 Å². The van der Waals surface area contributed by atoms with Crippen LogP contribution in [0.25, 0.3) is 0 Å². The monoisotopic (exact) mass is 517 g/mol. The summed E-state index contributed by atoms with van der Waals surface area (Å²) in [4.78, 5) is 28.4. The SMILES string of the molecule is CCC(C(=O)NC1CCCCC1)N(CCc1ccccc1)C(=O)CN(c1ccc(F)cc1)S(C)(=O)=O. The normalized spacial score (nSPS) is 15.2. The molecule has 3 rings (SSSR count). The molecule has 36 heavy (non-hydrogen) atoms. The van der Waals surface area contributed by atoms with Gasteiger partial charge in [-0.2, -0.15) is 0 Å². The van der Waals surface area contributed by atoms with Crippen molar-refractivity contribution in [1.29, 1.82) is 0 Å². The fraction of sp³-hybridized carbons (Fsp3) is 0.481. The van der Waals surface area contributed by atoms with Crippen LogP contribution in [0.1, 0.15) is 51.0 Å². The van der Waals surface area contributed by atoms with Gasteiger partial charge in [0.25, 0.3) is 0 Å². The fourth-order valence-electron chi connectivity index (χ4n) is 4.66. The summed E-state index contributed by atoms with van der Waals surface area (Å²) in [5.41, 5.74) is 1.20. The van der Waals surface area contributed by atoms with Gasteiger partial charge in [0.15, 0.2) is 0 Å². The first-order chi connectivity index (χ1) is 17.2. The summed E-state index contributed by atoms with van der Waals surface area (Å²) in [7, 11) is -3.84. The van der Waals surface area contributed by atoms with E-state index in [1.54, 1.807) is 0 Å². The lowest BCUT2D eigenvalue weighted by molar-refractivity contribution is -0.140. The van der Waals surface area contributed by atoms with E-state index in [0.717, 1.165) is 60.4 Å². The summed E-state index contributed by atoms with van der Waals surface area (Å²) in [6.45, 7) is 1.63. The first-order valence-corrected chi connectivity index (χ1v) is 14.4. The van der Waals surface area contributed by atoms with Crippen molar-refractivity contribution in [3.8, 4) is 0 Å². The molecule has 2 aromatic rings. The Morgan fingerprint density at radius 2 is 1.67 bits per heavy atom. The first-order valence-electron chi connectivity index (χ1n) is 12.6. The van der Waals surface area contributed by atoms with E-state index in [1.807, 2.05) is 37.3 Å². The van der Waals surface area contributed by atoms with Crippen LogP contribution in [0.2, 0.25) is 0 Å². The highest BCUT2D eigenvalue weighted by Crippen LogP contribution is 2.21. The molecule has 1 N–H and O–H groups in total. The third-order valence-electron chi connectivity index (χ3n) is 6.62. The largest absolute Gasteiger partial charge is 0.352 e. The lowest BCUT2D eigenvalue weighted by Gasteiger charge is -2.34. The van der Waals surface area contributed by atoms with Gasteiger partial charge in [0.2, 0.25) is 21.8 Å². The van der Waals surface area contributed by atoms with Gasteiger partial charge in [0, 0.05) is 12.6 Å². The van der Waals surface area contributed by atoms with Crippen molar-refractivity contribution in [2.24, 2.45) is 0 Å². The summed E-state index contributed by atoms with van der Waals surface area (Å²) in [6, 6.07) is 14.0. The molecule has 1 fully saturated rings. The Balaban J connectivity index is 1.84. The molecule has 0 heterocycles. The first kappa shape index (κ1) is 27.6. The molecule has 196 valence electrons. The minimum absolute atomic E-state index is 0.0955. The smallest absolute Gasteiger partial charge is 0.244 e. The summed E-state index contributed by atoms with van der Waals surface area (Å²) in [5, 5.41) is 3.12. The molecular weight excluding hydrogens is 481 g/mol. The van der Waals surface area contributed by atoms with Crippen LogP contribution >= 0.6 is 0 Å². The predicted molar refractivity (Wildman–Crippen MR) is 140 cm³/mol. The van der Waals surface area contributed by atoms with Crippen LogP contribution in [-0.2, 0) is 26.0 Å². The van der Waals surface area contributed by atoms with Crippen LogP contribution in [-0.4, -0.2) is 56.6 Å². The number of halogens is 1. The van der Waals surface area contributed by atoms with Crippen LogP contribution < -0.4 is 9.62 Å². The number of sulfonamides is 1. The summed E-state index contributed by atoms with van der Waals surface area (Å²) < 4.78 is 39.5. The topological polar surface area (TPSA) is 86.8 Å². The minimum Gasteiger partial charge on any atom is -0.352 e. The van der Waals surface area contributed by atoms with Gasteiger partial charge in [0.1, 0.15) is 18.4 Å². The number of anilines is 1. The Bertz CT molecular complexity index is 1100. The molecule has 0 saturated heterocycles. The van der Waals surface area contributed by atoms with E-state index in [1.165, 1.54) is 17.0 Å². The summed E-state index contributed by atoms with van der Waals surface area (Å²) in [6.07, 6.45) is 7.07. The van der Waals surface area contributed by atoms with E-state index >= 15 is 0 Å². The molecule has 1 saturated carbocycles. The molecule has 0 aromatic heterocycles. The van der Waals surface area contributed by atoms with Crippen LogP contribution in [0.4, 0.5) is 10.1 Å². The van der Waals surface area contributed by atoms with Crippen molar-refractivity contribution in [3.05, 3.63) is 66.0 Å². The van der Waals surface area contributed by atoms with Crippen molar-refractivity contribution < 1.29 is 22.4 Å². The highest BCUT2D eigenvalue weighted by atomic mass is 32.2. The average Bonchev–Trinajstić information content (AvgIpc) is 2.86. The molecule has 2 aromatic carbocycles. The van der Waals surface area contributed by atoms with E-state index in [-0.39, 0.29) is 24.2 Å². The number of hydrogen-bond acceptors (Lipinski definition) is 4. The van der Waals surface area contributed by atoms with Gasteiger partial charge in [-0.25, -0.2) is 12.8 Å². The molecule has 1 aliphatic carbocycles. The van der Waals surface area contributed by atoms with Crippen LogP contribution in [0.15, 0.2) is 54.6 Å². The molecule has 1 atom stereocenters. The zero-order valence-electron chi connectivity index (χ0n) is 21.0. The van der Waals surface area contributed by atoms with E-state index in [9.17, 15) is 22.4 Å². The van der Waals surface area contributed by atoms with Gasteiger partial charge in [-0.15, -0.1) is 0 Å². The highest BCUT2D eigenvalue weighted by Gasteiger charge is 2.32. The lowest BCUT2D eigenvalue weighted by atomic mass is 9.95. The fourth-order valence-corrected chi connectivity index (χ4v) is 5.51. The third-order valence-corrected chi connectivity index (χ3v) is 7.76. The number of rotatable bonds is 11. The number of hydrogen-bond donors (Lipinski definition) is 1.